The molecule has 6 rings (SSSR count). The Kier molecular flexibility index (Phi) is 3.82. The lowest BCUT2D eigenvalue weighted by Crippen LogP contribution is -2.12. The summed E-state index contributed by atoms with van der Waals surface area (Å²) in [5.74, 6) is 1.15. The zero-order valence-corrected chi connectivity index (χ0v) is 18.3. The number of hydrogen-bond acceptors (Lipinski definition) is 3. The minimum atomic E-state index is 0.0371. The minimum Gasteiger partial charge on any atom is -0.454 e. The van der Waals surface area contributed by atoms with Crippen LogP contribution in [0.15, 0.2) is 70.1 Å². The maximum absolute atomic E-state index is 6.43. The molecule has 5 aromatic rings. The third-order valence-corrected chi connectivity index (χ3v) is 7.27. The highest BCUT2D eigenvalue weighted by molar-refractivity contribution is 7.99. The fourth-order valence-electron chi connectivity index (χ4n) is 4.77. The first-order chi connectivity index (χ1) is 14.5. The third kappa shape index (κ3) is 2.61. The number of benzene rings is 3. The molecular formula is C27H23NOS. The highest BCUT2D eigenvalue weighted by Gasteiger charge is 2.23. The molecule has 0 spiro atoms. The number of nitrogens with zero attached hydrogens (tertiary/aromatic N) is 1. The van der Waals surface area contributed by atoms with Gasteiger partial charge >= 0.3 is 0 Å². The van der Waals surface area contributed by atoms with Crippen LogP contribution in [0.5, 0.6) is 0 Å². The van der Waals surface area contributed by atoms with Gasteiger partial charge in [0.2, 0.25) is 0 Å². The molecule has 0 radical (unpaired) electrons. The van der Waals surface area contributed by atoms with Gasteiger partial charge in [0.05, 0.1) is 0 Å². The smallest absolute Gasteiger partial charge is 0.161 e. The predicted molar refractivity (Wildman–Crippen MR) is 128 cm³/mol. The first-order valence-electron chi connectivity index (χ1n) is 10.5. The molecule has 3 heterocycles. The average molecular weight is 410 g/mol. The van der Waals surface area contributed by atoms with Gasteiger partial charge in [-0.15, -0.1) is 11.8 Å². The molecule has 0 fully saturated rings. The van der Waals surface area contributed by atoms with Crippen LogP contribution < -0.4 is 0 Å². The van der Waals surface area contributed by atoms with Crippen LogP contribution in [0.1, 0.15) is 31.9 Å². The van der Waals surface area contributed by atoms with Crippen molar-refractivity contribution in [1.29, 1.82) is 0 Å². The molecule has 0 aliphatic carbocycles. The zero-order valence-electron chi connectivity index (χ0n) is 17.5. The molecule has 3 aromatic carbocycles. The van der Waals surface area contributed by atoms with Gasteiger partial charge in [-0.25, -0.2) is 0 Å². The van der Waals surface area contributed by atoms with E-state index in [1.807, 2.05) is 18.0 Å². The number of fused-ring (bicyclic) bond motifs is 6. The van der Waals surface area contributed by atoms with Crippen LogP contribution in [0, 0.1) is 0 Å². The Morgan fingerprint density at radius 2 is 1.83 bits per heavy atom. The van der Waals surface area contributed by atoms with Crippen LogP contribution in [0.3, 0.4) is 0 Å². The van der Waals surface area contributed by atoms with Gasteiger partial charge in [0.1, 0.15) is 11.3 Å². The first-order valence-corrected chi connectivity index (χ1v) is 11.5. The van der Waals surface area contributed by atoms with Gasteiger partial charge in [-0.05, 0) is 64.1 Å². The van der Waals surface area contributed by atoms with E-state index in [0.29, 0.717) is 0 Å². The van der Waals surface area contributed by atoms with E-state index in [1.54, 1.807) is 0 Å². The Morgan fingerprint density at radius 1 is 0.967 bits per heavy atom. The van der Waals surface area contributed by atoms with Crippen LogP contribution in [-0.2, 0) is 11.8 Å². The normalized spacial score (nSPS) is 14.1. The van der Waals surface area contributed by atoms with E-state index in [9.17, 15) is 0 Å². The molecule has 0 amide bonds. The van der Waals surface area contributed by atoms with Crippen molar-refractivity contribution >= 4 is 44.5 Å². The summed E-state index contributed by atoms with van der Waals surface area (Å²) >= 11 is 1.94. The van der Waals surface area contributed by atoms with Crippen molar-refractivity contribution in [2.45, 2.75) is 37.5 Å². The number of aryl methyl sites for hydroxylation is 1. The van der Waals surface area contributed by atoms with Gasteiger partial charge < -0.3 is 4.42 Å². The molecule has 0 N–H and O–H groups in total. The van der Waals surface area contributed by atoms with Crippen molar-refractivity contribution < 1.29 is 4.42 Å². The lowest BCUT2D eigenvalue weighted by molar-refractivity contribution is 0.596. The van der Waals surface area contributed by atoms with Crippen LogP contribution >= 0.6 is 11.8 Å². The molecule has 0 saturated heterocycles. The molecule has 2 nitrogen and oxygen atoms in total. The van der Waals surface area contributed by atoms with Crippen molar-refractivity contribution in [3.8, 4) is 11.3 Å². The molecule has 148 valence electrons. The fourth-order valence-corrected chi connectivity index (χ4v) is 5.83. The molecule has 0 saturated carbocycles. The average Bonchev–Trinajstić information content (AvgIpc) is 3.35. The van der Waals surface area contributed by atoms with Crippen LogP contribution in [0.4, 0.5) is 0 Å². The lowest BCUT2D eigenvalue weighted by Gasteiger charge is -2.22. The quantitative estimate of drug-likeness (QED) is 0.283. The van der Waals surface area contributed by atoms with E-state index in [4.69, 9.17) is 9.40 Å². The highest BCUT2D eigenvalue weighted by Crippen LogP contribution is 2.43. The summed E-state index contributed by atoms with van der Waals surface area (Å²) in [5, 5.41) is 5.00. The topological polar surface area (TPSA) is 26.0 Å². The molecule has 1 aliphatic rings. The maximum atomic E-state index is 6.43. The monoisotopic (exact) mass is 409 g/mol. The van der Waals surface area contributed by atoms with Crippen LogP contribution in [0.2, 0.25) is 0 Å². The van der Waals surface area contributed by atoms with Crippen molar-refractivity contribution in [2.24, 2.45) is 0 Å². The standard InChI is InChI=1S/C27H23NOS/c1-27(2,3)21-15-17(14-16-6-4-5-7-18(16)21)25-26-20(10-12-28-25)24-19-11-13-30-23(19)9-8-22(24)29-26/h4-10,12,14-15H,11,13H2,1-3H3. The van der Waals surface area contributed by atoms with Crippen LogP contribution in [0.25, 0.3) is 44.0 Å². The number of hydrogen-bond donors (Lipinski definition) is 0. The number of rotatable bonds is 1. The Morgan fingerprint density at radius 3 is 2.70 bits per heavy atom. The van der Waals surface area contributed by atoms with E-state index >= 15 is 0 Å². The predicted octanol–water partition coefficient (Wildman–Crippen LogP) is 7.75. The van der Waals surface area contributed by atoms with Crippen molar-refractivity contribution in [1.82, 2.24) is 4.98 Å². The SMILES string of the molecule is CC(C)(C)c1cc(-c2nccc3c2oc2ccc4c(c23)CCS4)cc2ccccc12. The second-order valence-corrected chi connectivity index (χ2v) is 10.3. The van der Waals surface area contributed by atoms with Crippen molar-refractivity contribution in [3.63, 3.8) is 0 Å². The van der Waals surface area contributed by atoms with E-state index in [2.05, 4.69) is 75.4 Å². The number of pyridine rings is 1. The van der Waals surface area contributed by atoms with E-state index < -0.39 is 0 Å². The number of aromatic nitrogens is 1. The van der Waals surface area contributed by atoms with Gasteiger partial charge in [-0.1, -0.05) is 45.0 Å². The summed E-state index contributed by atoms with van der Waals surface area (Å²) in [4.78, 5) is 6.19. The minimum absolute atomic E-state index is 0.0371. The van der Waals surface area contributed by atoms with Gasteiger partial charge in [0.25, 0.3) is 0 Å². The second kappa shape index (κ2) is 6.36. The van der Waals surface area contributed by atoms with E-state index in [-0.39, 0.29) is 5.41 Å². The van der Waals surface area contributed by atoms with E-state index in [1.165, 1.54) is 37.6 Å². The Hall–Kier alpha value is -2.78. The fraction of sp³-hybridized carbons (Fsp3) is 0.222. The Bertz CT molecular complexity index is 1460. The number of furan rings is 1. The second-order valence-electron chi connectivity index (χ2n) is 9.15. The summed E-state index contributed by atoms with van der Waals surface area (Å²) in [7, 11) is 0. The Labute approximate surface area is 180 Å². The summed E-state index contributed by atoms with van der Waals surface area (Å²) in [6.07, 6.45) is 3.04. The summed E-state index contributed by atoms with van der Waals surface area (Å²) < 4.78 is 6.43. The molecule has 0 unspecified atom stereocenters. The Balaban J connectivity index is 1.68. The van der Waals surface area contributed by atoms with Gasteiger partial charge in [-0.3, -0.25) is 4.98 Å². The van der Waals surface area contributed by atoms with Gasteiger partial charge in [0.15, 0.2) is 5.58 Å². The molecule has 1 aliphatic heterocycles. The third-order valence-electron chi connectivity index (χ3n) is 6.17. The summed E-state index contributed by atoms with van der Waals surface area (Å²) in [5.41, 5.74) is 6.72. The largest absolute Gasteiger partial charge is 0.454 e. The molecular weight excluding hydrogens is 386 g/mol. The molecule has 2 aromatic heterocycles. The van der Waals surface area contributed by atoms with Crippen LogP contribution in [-0.4, -0.2) is 10.7 Å². The first kappa shape index (κ1) is 18.0. The van der Waals surface area contributed by atoms with E-state index in [0.717, 1.165) is 34.6 Å². The summed E-state index contributed by atoms with van der Waals surface area (Å²) in [6.45, 7) is 6.82. The lowest BCUT2D eigenvalue weighted by atomic mass is 9.82. The zero-order chi connectivity index (χ0) is 20.5. The summed E-state index contributed by atoms with van der Waals surface area (Å²) in [6, 6.07) is 19.6. The van der Waals surface area contributed by atoms with Crippen molar-refractivity contribution in [3.05, 3.63) is 71.9 Å². The molecule has 3 heteroatoms. The molecule has 0 bridgehead atoms. The molecule has 0 atom stereocenters. The maximum Gasteiger partial charge on any atom is 0.161 e. The van der Waals surface area contributed by atoms with Gasteiger partial charge in [-0.2, -0.15) is 0 Å². The van der Waals surface area contributed by atoms with Crippen molar-refractivity contribution in [2.75, 3.05) is 5.75 Å². The van der Waals surface area contributed by atoms with Gasteiger partial charge in [0, 0.05) is 33.2 Å². The molecule has 30 heavy (non-hydrogen) atoms. The number of thioether (sulfide) groups is 1. The highest BCUT2D eigenvalue weighted by atomic mass is 32.2.